The highest BCUT2D eigenvalue weighted by molar-refractivity contribution is 5.71. The summed E-state index contributed by atoms with van der Waals surface area (Å²) in [5.74, 6) is -0.931. The van der Waals surface area contributed by atoms with Crippen molar-refractivity contribution in [2.24, 2.45) is 0 Å². The molecular weight excluding hydrogens is 877 g/mol. The molecule has 0 bridgehead atoms. The van der Waals surface area contributed by atoms with Crippen molar-refractivity contribution in [1.29, 1.82) is 0 Å². The summed E-state index contributed by atoms with van der Waals surface area (Å²) in [4.78, 5) is 38.0. The summed E-state index contributed by atoms with van der Waals surface area (Å²) < 4.78 is 16.8. The SMILES string of the molecule is CC/C=C\C/C=C\C/C=C\C/C=C\C/C=C\C/C=C\C/C=C\C/C=C\CCCCCCCCC(=O)OCC(COC(=O)CCCCCCC/C=C\CCCC)OC(=O)CCCCCCC/C=C\CCCC. The standard InChI is InChI=1S/C65H106O6/c1-4-7-10-13-16-19-22-23-24-25-26-27-28-29-30-31-32-33-34-35-36-37-38-39-40-41-44-46-49-52-55-58-64(67)70-61-62(71-65(68)59-56-53-50-47-43-21-18-15-12-9-6-3)60-69-63(66)57-54-51-48-45-42-20-17-14-11-8-5-2/h7,10,14-19,23-24,26-27,29-30,32-33,35-36,38-39,62H,4-6,8-9,11-13,20-22,25,28,31,34,37,40-61H2,1-3H3/b10-7-,17-14-,18-15-,19-16-,24-23-,27-26-,30-29-,33-32-,36-35-,39-38-. The van der Waals surface area contributed by atoms with E-state index in [2.05, 4.69) is 142 Å². The Morgan fingerprint density at radius 2 is 0.549 bits per heavy atom. The molecule has 0 aromatic rings. The van der Waals surface area contributed by atoms with Crippen LogP contribution in [0.4, 0.5) is 0 Å². The minimum atomic E-state index is -0.793. The molecule has 0 spiro atoms. The van der Waals surface area contributed by atoms with Crippen molar-refractivity contribution < 1.29 is 28.6 Å². The van der Waals surface area contributed by atoms with Gasteiger partial charge in [0.1, 0.15) is 13.2 Å². The maximum atomic E-state index is 12.8. The van der Waals surface area contributed by atoms with Crippen LogP contribution in [0.3, 0.4) is 0 Å². The minimum absolute atomic E-state index is 0.0923. The van der Waals surface area contributed by atoms with Crippen molar-refractivity contribution in [3.8, 4) is 0 Å². The Balaban J connectivity index is 4.24. The molecule has 0 fully saturated rings. The van der Waals surface area contributed by atoms with Crippen LogP contribution in [0.2, 0.25) is 0 Å². The van der Waals surface area contributed by atoms with Gasteiger partial charge in [0.2, 0.25) is 0 Å². The van der Waals surface area contributed by atoms with E-state index in [4.69, 9.17) is 14.2 Å². The Hall–Kier alpha value is -4.19. The lowest BCUT2D eigenvalue weighted by molar-refractivity contribution is -0.167. The van der Waals surface area contributed by atoms with Gasteiger partial charge in [0.25, 0.3) is 0 Å². The average Bonchev–Trinajstić information content (AvgIpc) is 3.37. The topological polar surface area (TPSA) is 78.9 Å². The first-order valence-corrected chi connectivity index (χ1v) is 29.0. The lowest BCUT2D eigenvalue weighted by Crippen LogP contribution is -2.30. The van der Waals surface area contributed by atoms with Gasteiger partial charge < -0.3 is 14.2 Å². The molecule has 0 aromatic carbocycles. The van der Waals surface area contributed by atoms with E-state index in [-0.39, 0.29) is 31.1 Å². The predicted molar refractivity (Wildman–Crippen MR) is 306 cm³/mol. The van der Waals surface area contributed by atoms with Crippen molar-refractivity contribution in [1.82, 2.24) is 0 Å². The van der Waals surface area contributed by atoms with E-state index in [1.165, 1.54) is 64.2 Å². The maximum Gasteiger partial charge on any atom is 0.306 e. The van der Waals surface area contributed by atoms with Crippen molar-refractivity contribution in [2.45, 2.75) is 258 Å². The number of hydrogen-bond acceptors (Lipinski definition) is 6. The summed E-state index contributed by atoms with van der Waals surface area (Å²) in [5, 5.41) is 0. The molecule has 0 saturated heterocycles. The van der Waals surface area contributed by atoms with Gasteiger partial charge in [0.15, 0.2) is 6.10 Å². The molecule has 0 aliphatic carbocycles. The molecule has 0 N–H and O–H groups in total. The molecule has 0 rings (SSSR count). The lowest BCUT2D eigenvalue weighted by atomic mass is 10.1. The summed E-state index contributed by atoms with van der Waals surface area (Å²) in [5.41, 5.74) is 0. The number of carbonyl (C=O) groups is 3. The molecule has 6 heteroatoms. The van der Waals surface area contributed by atoms with Gasteiger partial charge >= 0.3 is 17.9 Å². The molecule has 1 atom stereocenters. The molecule has 0 radical (unpaired) electrons. The first-order valence-electron chi connectivity index (χ1n) is 29.0. The highest BCUT2D eigenvalue weighted by Gasteiger charge is 2.19. The third kappa shape index (κ3) is 56.6. The van der Waals surface area contributed by atoms with Gasteiger partial charge in [-0.25, -0.2) is 0 Å². The molecular formula is C65H106O6. The number of ether oxygens (including phenoxy) is 3. The minimum Gasteiger partial charge on any atom is -0.462 e. The van der Waals surface area contributed by atoms with Gasteiger partial charge in [0, 0.05) is 19.3 Å². The van der Waals surface area contributed by atoms with E-state index in [1.54, 1.807) is 0 Å². The highest BCUT2D eigenvalue weighted by atomic mass is 16.6. The summed E-state index contributed by atoms with van der Waals surface area (Å²) in [7, 11) is 0. The van der Waals surface area contributed by atoms with Crippen LogP contribution < -0.4 is 0 Å². The Morgan fingerprint density at radius 1 is 0.296 bits per heavy atom. The van der Waals surface area contributed by atoms with Gasteiger partial charge in [-0.05, 0) is 122 Å². The molecule has 0 aliphatic heterocycles. The van der Waals surface area contributed by atoms with Crippen LogP contribution in [0, 0.1) is 0 Å². The Kier molecular flexibility index (Phi) is 54.9. The van der Waals surface area contributed by atoms with Crippen LogP contribution in [-0.4, -0.2) is 37.2 Å². The monoisotopic (exact) mass is 983 g/mol. The number of esters is 3. The molecule has 0 saturated carbocycles. The second-order valence-electron chi connectivity index (χ2n) is 18.8. The fourth-order valence-electron chi connectivity index (χ4n) is 7.54. The van der Waals surface area contributed by atoms with Crippen molar-refractivity contribution in [3.63, 3.8) is 0 Å². The molecule has 0 aliphatic rings. The van der Waals surface area contributed by atoms with Crippen LogP contribution >= 0.6 is 0 Å². The number of carbonyl (C=O) groups excluding carboxylic acids is 3. The van der Waals surface area contributed by atoms with Gasteiger partial charge in [-0.15, -0.1) is 0 Å². The van der Waals surface area contributed by atoms with Crippen molar-refractivity contribution >= 4 is 17.9 Å². The zero-order valence-corrected chi connectivity index (χ0v) is 45.9. The fraction of sp³-hybridized carbons (Fsp3) is 0.646. The zero-order chi connectivity index (χ0) is 51.4. The Labute approximate surface area is 437 Å². The van der Waals surface area contributed by atoms with E-state index in [1.807, 2.05) is 0 Å². The molecule has 71 heavy (non-hydrogen) atoms. The van der Waals surface area contributed by atoms with E-state index >= 15 is 0 Å². The fourth-order valence-corrected chi connectivity index (χ4v) is 7.54. The van der Waals surface area contributed by atoms with Crippen molar-refractivity contribution in [3.05, 3.63) is 122 Å². The third-order valence-corrected chi connectivity index (χ3v) is 11.9. The molecule has 0 aromatic heterocycles. The van der Waals surface area contributed by atoms with Gasteiger partial charge in [-0.1, -0.05) is 232 Å². The van der Waals surface area contributed by atoms with E-state index < -0.39 is 6.10 Å². The Morgan fingerprint density at radius 3 is 0.873 bits per heavy atom. The first kappa shape index (κ1) is 66.8. The van der Waals surface area contributed by atoms with E-state index in [0.29, 0.717) is 19.3 Å². The van der Waals surface area contributed by atoms with Crippen LogP contribution in [0.25, 0.3) is 0 Å². The molecule has 1 unspecified atom stereocenters. The second-order valence-corrected chi connectivity index (χ2v) is 18.8. The van der Waals surface area contributed by atoms with Crippen LogP contribution in [-0.2, 0) is 28.6 Å². The summed E-state index contributed by atoms with van der Waals surface area (Å²) in [6, 6.07) is 0. The third-order valence-electron chi connectivity index (χ3n) is 11.9. The molecule has 0 heterocycles. The van der Waals surface area contributed by atoms with Crippen LogP contribution in [0.1, 0.15) is 252 Å². The normalized spacial score (nSPS) is 13.0. The Bertz CT molecular complexity index is 1500. The predicted octanol–water partition coefficient (Wildman–Crippen LogP) is 19.6. The second kappa shape index (κ2) is 58.4. The average molecular weight is 984 g/mol. The smallest absolute Gasteiger partial charge is 0.306 e. The summed E-state index contributed by atoms with van der Waals surface area (Å²) in [6.07, 6.45) is 80.6. The number of hydrogen-bond donors (Lipinski definition) is 0. The van der Waals surface area contributed by atoms with E-state index in [0.717, 1.165) is 148 Å². The number of rotatable bonds is 51. The largest absolute Gasteiger partial charge is 0.462 e. The van der Waals surface area contributed by atoms with Gasteiger partial charge in [-0.3, -0.25) is 14.4 Å². The molecule has 6 nitrogen and oxygen atoms in total. The lowest BCUT2D eigenvalue weighted by Gasteiger charge is -2.18. The van der Waals surface area contributed by atoms with Crippen LogP contribution in [0.5, 0.6) is 0 Å². The zero-order valence-electron chi connectivity index (χ0n) is 45.9. The first-order chi connectivity index (χ1) is 35.0. The van der Waals surface area contributed by atoms with Gasteiger partial charge in [0.05, 0.1) is 0 Å². The van der Waals surface area contributed by atoms with E-state index in [9.17, 15) is 14.4 Å². The van der Waals surface area contributed by atoms with Crippen LogP contribution in [0.15, 0.2) is 122 Å². The number of allylic oxidation sites excluding steroid dienone is 20. The molecule has 402 valence electrons. The summed E-state index contributed by atoms with van der Waals surface area (Å²) >= 11 is 0. The van der Waals surface area contributed by atoms with Crippen molar-refractivity contribution in [2.75, 3.05) is 13.2 Å². The molecule has 0 amide bonds. The summed E-state index contributed by atoms with van der Waals surface area (Å²) in [6.45, 7) is 6.41. The highest BCUT2D eigenvalue weighted by Crippen LogP contribution is 2.14. The quantitative estimate of drug-likeness (QED) is 0.0261. The maximum absolute atomic E-state index is 12.8. The number of unbranched alkanes of at least 4 members (excludes halogenated alkanes) is 20. The van der Waals surface area contributed by atoms with Gasteiger partial charge in [-0.2, -0.15) is 0 Å².